The van der Waals surface area contributed by atoms with Gasteiger partial charge in [0.1, 0.15) is 12.1 Å². The predicted molar refractivity (Wildman–Crippen MR) is 117 cm³/mol. The number of hydrogen-bond donors (Lipinski definition) is 1. The number of halogens is 1. The van der Waals surface area contributed by atoms with E-state index in [2.05, 4.69) is 62.6 Å². The van der Waals surface area contributed by atoms with Gasteiger partial charge in [-0.3, -0.25) is 4.57 Å². The van der Waals surface area contributed by atoms with Gasteiger partial charge in [-0.25, -0.2) is 9.67 Å². The first kappa shape index (κ1) is 17.9. The van der Waals surface area contributed by atoms with Crippen molar-refractivity contribution in [1.82, 2.24) is 24.8 Å². The zero-order valence-corrected chi connectivity index (χ0v) is 17.4. The zero-order valence-electron chi connectivity index (χ0n) is 15.8. The standard InChI is InChI=1S/C22H19BrN6/c1-15-21(20-13-19(25-26-20)16-7-9-17(23)10-8-16)22(28-12-11-24-14-28)29(27-15)18-5-3-2-4-6-18/h2-12,14,20,26H,13H2,1H3. The van der Waals surface area contributed by atoms with E-state index in [0.29, 0.717) is 0 Å². The molecule has 6 nitrogen and oxygen atoms in total. The lowest BCUT2D eigenvalue weighted by molar-refractivity contribution is 0.612. The number of hydrogen-bond acceptors (Lipinski definition) is 4. The maximum Gasteiger partial charge on any atom is 0.147 e. The number of para-hydroxylation sites is 1. The van der Waals surface area contributed by atoms with Gasteiger partial charge in [-0.1, -0.05) is 46.3 Å². The van der Waals surface area contributed by atoms with Gasteiger partial charge in [0.15, 0.2) is 0 Å². The highest BCUT2D eigenvalue weighted by molar-refractivity contribution is 9.10. The minimum atomic E-state index is 0.0449. The Balaban J connectivity index is 1.56. The first-order valence-corrected chi connectivity index (χ1v) is 10.2. The Hall–Kier alpha value is -3.19. The van der Waals surface area contributed by atoms with Crippen LogP contribution in [0.25, 0.3) is 11.5 Å². The van der Waals surface area contributed by atoms with Crippen molar-refractivity contribution in [3.05, 3.63) is 94.6 Å². The number of rotatable bonds is 4. The summed E-state index contributed by atoms with van der Waals surface area (Å²) in [7, 11) is 0. The summed E-state index contributed by atoms with van der Waals surface area (Å²) in [6.07, 6.45) is 6.34. The second kappa shape index (κ2) is 7.33. The van der Waals surface area contributed by atoms with Gasteiger partial charge in [-0.05, 0) is 36.8 Å². The Labute approximate surface area is 177 Å². The largest absolute Gasteiger partial charge is 0.302 e. The highest BCUT2D eigenvalue weighted by Crippen LogP contribution is 2.33. The number of imidazole rings is 1. The molecule has 1 aliphatic rings. The van der Waals surface area contributed by atoms with Crippen molar-refractivity contribution < 1.29 is 0 Å². The second-order valence-electron chi connectivity index (χ2n) is 6.99. The molecule has 0 saturated heterocycles. The van der Waals surface area contributed by atoms with E-state index in [1.165, 1.54) is 0 Å². The van der Waals surface area contributed by atoms with Crippen molar-refractivity contribution >= 4 is 21.6 Å². The summed E-state index contributed by atoms with van der Waals surface area (Å²) >= 11 is 3.49. The summed E-state index contributed by atoms with van der Waals surface area (Å²) in [5.41, 5.74) is 8.62. The Kier molecular flexibility index (Phi) is 4.52. The van der Waals surface area contributed by atoms with E-state index in [0.717, 1.165) is 44.9 Å². The van der Waals surface area contributed by atoms with E-state index in [1.807, 2.05) is 52.1 Å². The van der Waals surface area contributed by atoms with Crippen LogP contribution in [0.3, 0.4) is 0 Å². The monoisotopic (exact) mass is 446 g/mol. The van der Waals surface area contributed by atoms with Gasteiger partial charge in [0, 0.05) is 28.9 Å². The van der Waals surface area contributed by atoms with Crippen LogP contribution in [0, 0.1) is 6.92 Å². The summed E-state index contributed by atoms with van der Waals surface area (Å²) in [5.74, 6) is 0.982. The van der Waals surface area contributed by atoms with Gasteiger partial charge < -0.3 is 5.43 Å². The molecule has 1 N–H and O–H groups in total. The minimum absolute atomic E-state index is 0.0449. The summed E-state index contributed by atoms with van der Waals surface area (Å²) in [6.45, 7) is 2.05. The Morgan fingerprint density at radius 2 is 1.86 bits per heavy atom. The van der Waals surface area contributed by atoms with Gasteiger partial charge in [0.2, 0.25) is 0 Å². The Bertz CT molecular complexity index is 1160. The van der Waals surface area contributed by atoms with E-state index in [1.54, 1.807) is 6.20 Å². The zero-order chi connectivity index (χ0) is 19.8. The quantitative estimate of drug-likeness (QED) is 0.499. The fourth-order valence-corrected chi connectivity index (χ4v) is 4.01. The van der Waals surface area contributed by atoms with Crippen LogP contribution in [0.2, 0.25) is 0 Å². The van der Waals surface area contributed by atoms with Crippen LogP contribution in [0.4, 0.5) is 0 Å². The van der Waals surface area contributed by atoms with Crippen molar-refractivity contribution in [2.75, 3.05) is 0 Å². The topological polar surface area (TPSA) is 60.0 Å². The number of benzene rings is 2. The second-order valence-corrected chi connectivity index (χ2v) is 7.91. The van der Waals surface area contributed by atoms with Gasteiger partial charge in [0.05, 0.1) is 23.1 Å². The normalized spacial score (nSPS) is 15.9. The molecule has 2 aromatic carbocycles. The lowest BCUT2D eigenvalue weighted by Gasteiger charge is -2.14. The van der Waals surface area contributed by atoms with E-state index in [4.69, 9.17) is 5.10 Å². The highest BCUT2D eigenvalue weighted by atomic mass is 79.9. The fourth-order valence-electron chi connectivity index (χ4n) is 3.75. The molecule has 0 saturated carbocycles. The minimum Gasteiger partial charge on any atom is -0.302 e. The maximum atomic E-state index is 4.86. The molecular weight excluding hydrogens is 428 g/mol. The molecule has 0 spiro atoms. The molecule has 1 unspecified atom stereocenters. The summed E-state index contributed by atoms with van der Waals surface area (Å²) < 4.78 is 5.06. The van der Waals surface area contributed by atoms with Gasteiger partial charge in [-0.15, -0.1) is 0 Å². The lowest BCUT2D eigenvalue weighted by atomic mass is 9.99. The van der Waals surface area contributed by atoms with Crippen LogP contribution in [0.1, 0.15) is 29.3 Å². The first-order valence-electron chi connectivity index (χ1n) is 9.42. The summed E-state index contributed by atoms with van der Waals surface area (Å²) in [4.78, 5) is 4.25. The molecule has 29 heavy (non-hydrogen) atoms. The van der Waals surface area contributed by atoms with Crippen LogP contribution >= 0.6 is 15.9 Å². The number of hydrazone groups is 1. The molecule has 2 aromatic heterocycles. The number of nitrogens with one attached hydrogen (secondary N) is 1. The fraction of sp³-hybridized carbons (Fsp3) is 0.136. The third-order valence-corrected chi connectivity index (χ3v) is 5.64. The number of nitrogens with zero attached hydrogens (tertiary/aromatic N) is 5. The average Bonchev–Trinajstić information content (AvgIpc) is 3.48. The van der Waals surface area contributed by atoms with Crippen molar-refractivity contribution in [1.29, 1.82) is 0 Å². The average molecular weight is 447 g/mol. The van der Waals surface area contributed by atoms with Crippen LogP contribution in [-0.2, 0) is 0 Å². The number of aromatic nitrogens is 4. The van der Waals surface area contributed by atoms with Crippen molar-refractivity contribution in [3.63, 3.8) is 0 Å². The van der Waals surface area contributed by atoms with E-state index >= 15 is 0 Å². The first-order chi connectivity index (χ1) is 14.2. The third-order valence-electron chi connectivity index (χ3n) is 5.11. The highest BCUT2D eigenvalue weighted by Gasteiger charge is 2.29. The molecular formula is C22H19BrN6. The molecule has 1 aliphatic heterocycles. The molecule has 0 fully saturated rings. The van der Waals surface area contributed by atoms with Crippen molar-refractivity contribution in [2.45, 2.75) is 19.4 Å². The molecule has 4 aromatic rings. The predicted octanol–water partition coefficient (Wildman–Crippen LogP) is 4.57. The molecule has 144 valence electrons. The smallest absolute Gasteiger partial charge is 0.147 e. The van der Waals surface area contributed by atoms with E-state index in [-0.39, 0.29) is 6.04 Å². The van der Waals surface area contributed by atoms with E-state index in [9.17, 15) is 0 Å². The third kappa shape index (κ3) is 3.27. The van der Waals surface area contributed by atoms with Crippen LogP contribution < -0.4 is 5.43 Å². The molecule has 7 heteroatoms. The summed E-state index contributed by atoms with van der Waals surface area (Å²) in [6, 6.07) is 18.5. The van der Waals surface area contributed by atoms with Crippen molar-refractivity contribution in [3.8, 4) is 11.5 Å². The Morgan fingerprint density at radius 3 is 2.59 bits per heavy atom. The van der Waals surface area contributed by atoms with Gasteiger partial charge >= 0.3 is 0 Å². The van der Waals surface area contributed by atoms with Gasteiger partial charge in [0.25, 0.3) is 0 Å². The summed E-state index contributed by atoms with van der Waals surface area (Å²) in [5, 5.41) is 9.49. The SMILES string of the molecule is Cc1nn(-c2ccccc2)c(-n2ccnc2)c1C1CC(c2ccc(Br)cc2)=NN1. The molecule has 0 aliphatic carbocycles. The molecule has 0 amide bonds. The molecule has 5 rings (SSSR count). The maximum absolute atomic E-state index is 4.86. The number of aryl methyl sites for hydroxylation is 1. The van der Waals surface area contributed by atoms with Crippen LogP contribution in [0.15, 0.2) is 82.9 Å². The van der Waals surface area contributed by atoms with Crippen LogP contribution in [0.5, 0.6) is 0 Å². The molecule has 1 atom stereocenters. The van der Waals surface area contributed by atoms with E-state index < -0.39 is 0 Å². The van der Waals surface area contributed by atoms with Crippen molar-refractivity contribution in [2.24, 2.45) is 5.10 Å². The molecule has 0 bridgehead atoms. The molecule has 3 heterocycles. The van der Waals surface area contributed by atoms with Gasteiger partial charge in [-0.2, -0.15) is 10.2 Å². The van der Waals surface area contributed by atoms with Crippen LogP contribution in [-0.4, -0.2) is 25.0 Å². The molecule has 0 radical (unpaired) electrons. The lowest BCUT2D eigenvalue weighted by Crippen LogP contribution is -2.14. The Morgan fingerprint density at radius 1 is 1.07 bits per heavy atom.